The van der Waals surface area contributed by atoms with Crippen LogP contribution in [0.3, 0.4) is 0 Å². The molecule has 0 radical (unpaired) electrons. The van der Waals surface area contributed by atoms with Gasteiger partial charge in [-0.25, -0.2) is 0 Å². The first kappa shape index (κ1) is 17.9. The van der Waals surface area contributed by atoms with E-state index in [-0.39, 0.29) is 7.43 Å². The fourth-order valence-corrected chi connectivity index (χ4v) is 2.78. The summed E-state index contributed by atoms with van der Waals surface area (Å²) < 4.78 is 15.7. The quantitative estimate of drug-likeness (QED) is 0.520. The highest BCUT2D eigenvalue weighted by Gasteiger charge is 2.43. The smallest absolute Gasteiger partial charge is 0.104 e. The molecule has 0 aromatic carbocycles. The van der Waals surface area contributed by atoms with Gasteiger partial charge < -0.3 is 14.2 Å². The van der Waals surface area contributed by atoms with Crippen molar-refractivity contribution in [3.8, 4) is 0 Å². The van der Waals surface area contributed by atoms with Crippen LogP contribution in [-0.2, 0) is 14.2 Å². The average molecular weight is 286 g/mol. The highest BCUT2D eigenvalue weighted by Crippen LogP contribution is 2.40. The lowest BCUT2D eigenvalue weighted by molar-refractivity contribution is 0.114. The van der Waals surface area contributed by atoms with Crippen LogP contribution in [0.4, 0.5) is 0 Å². The summed E-state index contributed by atoms with van der Waals surface area (Å²) >= 11 is 0. The van der Waals surface area contributed by atoms with E-state index in [1.807, 2.05) is 0 Å². The molecule has 3 nitrogen and oxygen atoms in total. The predicted octanol–water partition coefficient (Wildman–Crippen LogP) is 4.19. The van der Waals surface area contributed by atoms with Crippen LogP contribution < -0.4 is 0 Å². The van der Waals surface area contributed by atoms with E-state index in [0.717, 1.165) is 25.7 Å². The van der Waals surface area contributed by atoms with Crippen LogP contribution >= 0.6 is 0 Å². The second-order valence-electron chi connectivity index (χ2n) is 6.06. The first-order valence-electron chi connectivity index (χ1n) is 8.18. The number of hydrogen-bond donors (Lipinski definition) is 0. The Bertz CT molecular complexity index is 240. The molecule has 1 aliphatic carbocycles. The van der Waals surface area contributed by atoms with Crippen molar-refractivity contribution < 1.29 is 14.2 Å². The third-order valence-electron chi connectivity index (χ3n) is 4.16. The topological polar surface area (TPSA) is 34.3 Å². The van der Waals surface area contributed by atoms with E-state index in [4.69, 9.17) is 14.2 Å². The molecule has 4 unspecified atom stereocenters. The maximum Gasteiger partial charge on any atom is 0.104 e. The summed E-state index contributed by atoms with van der Waals surface area (Å²) in [4.78, 5) is 0. The molecule has 0 N–H and O–H groups in total. The van der Waals surface area contributed by atoms with E-state index in [9.17, 15) is 0 Å². The Hall–Kier alpha value is -0.120. The number of hydrogen-bond acceptors (Lipinski definition) is 3. The molecule has 3 fully saturated rings. The van der Waals surface area contributed by atoms with Gasteiger partial charge in [-0.3, -0.25) is 0 Å². The summed E-state index contributed by atoms with van der Waals surface area (Å²) in [6.07, 6.45) is 11.1. The molecule has 1 saturated carbocycles. The lowest BCUT2D eigenvalue weighted by Crippen LogP contribution is -2.12. The summed E-state index contributed by atoms with van der Waals surface area (Å²) in [5, 5.41) is 0. The molecule has 2 saturated heterocycles. The van der Waals surface area contributed by atoms with Gasteiger partial charge in [0.2, 0.25) is 0 Å². The summed E-state index contributed by atoms with van der Waals surface area (Å²) in [7, 11) is 0. The Morgan fingerprint density at radius 1 is 1.10 bits per heavy atom. The molecule has 0 bridgehead atoms. The highest BCUT2D eigenvalue weighted by molar-refractivity contribution is 4.91. The number of rotatable bonds is 7. The number of fused-ring (bicyclic) bond motifs is 1. The first-order valence-corrected chi connectivity index (χ1v) is 8.18. The molecular formula is C17H34O3. The van der Waals surface area contributed by atoms with Gasteiger partial charge in [0.15, 0.2) is 0 Å². The van der Waals surface area contributed by atoms with Gasteiger partial charge in [0.25, 0.3) is 0 Å². The molecule has 0 amide bonds. The minimum absolute atomic E-state index is 0. The van der Waals surface area contributed by atoms with Crippen molar-refractivity contribution >= 4 is 0 Å². The second-order valence-corrected chi connectivity index (χ2v) is 6.06. The summed E-state index contributed by atoms with van der Waals surface area (Å²) in [5.41, 5.74) is 0. The van der Waals surface area contributed by atoms with Crippen molar-refractivity contribution in [2.24, 2.45) is 5.92 Å². The summed E-state index contributed by atoms with van der Waals surface area (Å²) in [6, 6.07) is 0. The number of unbranched alkanes of at least 4 members (excludes halogenated alkanes) is 1. The van der Waals surface area contributed by atoms with Crippen molar-refractivity contribution in [3.05, 3.63) is 0 Å². The Morgan fingerprint density at radius 3 is 2.50 bits per heavy atom. The Kier molecular flexibility index (Phi) is 8.74. The van der Waals surface area contributed by atoms with Crippen molar-refractivity contribution in [2.45, 2.75) is 84.5 Å². The molecule has 2 heterocycles. The van der Waals surface area contributed by atoms with Gasteiger partial charge in [-0.1, -0.05) is 40.5 Å². The van der Waals surface area contributed by atoms with Gasteiger partial charge in [0, 0.05) is 6.61 Å². The van der Waals surface area contributed by atoms with E-state index >= 15 is 0 Å². The van der Waals surface area contributed by atoms with Crippen molar-refractivity contribution in [2.75, 3.05) is 19.8 Å². The minimum atomic E-state index is 0. The van der Waals surface area contributed by atoms with Gasteiger partial charge in [-0.2, -0.15) is 0 Å². The van der Waals surface area contributed by atoms with Crippen molar-refractivity contribution in [3.63, 3.8) is 0 Å². The first-order chi connectivity index (χ1) is 9.33. The van der Waals surface area contributed by atoms with Crippen molar-refractivity contribution in [1.29, 1.82) is 0 Å². The van der Waals surface area contributed by atoms with Crippen LogP contribution in [0.15, 0.2) is 0 Å². The van der Waals surface area contributed by atoms with Crippen LogP contribution in [0.1, 0.15) is 66.2 Å². The lowest BCUT2D eigenvalue weighted by atomic mass is 9.86. The molecule has 20 heavy (non-hydrogen) atoms. The van der Waals surface area contributed by atoms with E-state index in [0.29, 0.717) is 18.3 Å². The summed E-state index contributed by atoms with van der Waals surface area (Å²) in [6.45, 7) is 7.05. The largest absolute Gasteiger partial charge is 0.379 e. The predicted molar refractivity (Wildman–Crippen MR) is 83.1 cm³/mol. The van der Waals surface area contributed by atoms with Crippen LogP contribution in [0.5, 0.6) is 0 Å². The van der Waals surface area contributed by atoms with E-state index in [1.54, 1.807) is 0 Å². The minimum Gasteiger partial charge on any atom is -0.379 e. The fourth-order valence-electron chi connectivity index (χ4n) is 2.78. The molecule has 2 aliphatic heterocycles. The molecule has 3 heteroatoms. The molecule has 3 aliphatic rings. The molecular weight excluding hydrogens is 252 g/mol. The van der Waals surface area contributed by atoms with Gasteiger partial charge >= 0.3 is 0 Å². The normalized spacial score (nSPS) is 33.3. The molecule has 120 valence electrons. The Balaban J connectivity index is 0.000000192. The van der Waals surface area contributed by atoms with Gasteiger partial charge in [0.05, 0.1) is 25.4 Å². The van der Waals surface area contributed by atoms with Crippen LogP contribution in [-0.4, -0.2) is 38.1 Å². The van der Waals surface area contributed by atoms with Gasteiger partial charge in [-0.05, 0) is 31.6 Å². The molecule has 0 aromatic heterocycles. The SMILES string of the molecule is C.CCCC1CCC2OC2C1.CCCCOCC1CO1. The van der Waals surface area contributed by atoms with Crippen molar-refractivity contribution in [1.82, 2.24) is 0 Å². The van der Waals surface area contributed by atoms with E-state index in [2.05, 4.69) is 13.8 Å². The molecule has 0 spiro atoms. The lowest BCUT2D eigenvalue weighted by Gasteiger charge is -2.17. The van der Waals surface area contributed by atoms with E-state index in [1.165, 1.54) is 44.9 Å². The Labute approximate surface area is 125 Å². The van der Waals surface area contributed by atoms with Crippen LogP contribution in [0.2, 0.25) is 0 Å². The molecule has 4 atom stereocenters. The number of ether oxygens (including phenoxy) is 3. The average Bonchev–Trinajstić information content (AvgIpc) is 3.29. The molecule has 3 rings (SSSR count). The zero-order valence-electron chi connectivity index (χ0n) is 12.6. The standard InChI is InChI=1S/C9H16O.C7H14O2.CH4/c1-2-3-7-4-5-8-9(6-7)10-8;1-2-3-4-8-5-7-6-9-7;/h7-9H,2-6H2,1H3;7H,2-6H2,1H3;1H4. The maximum absolute atomic E-state index is 5.45. The highest BCUT2D eigenvalue weighted by atomic mass is 16.6. The fraction of sp³-hybridized carbons (Fsp3) is 1.00. The third kappa shape index (κ3) is 7.05. The van der Waals surface area contributed by atoms with Gasteiger partial charge in [-0.15, -0.1) is 0 Å². The second kappa shape index (κ2) is 9.75. The third-order valence-corrected chi connectivity index (χ3v) is 4.16. The zero-order chi connectivity index (χ0) is 13.5. The van der Waals surface area contributed by atoms with Crippen LogP contribution in [0.25, 0.3) is 0 Å². The van der Waals surface area contributed by atoms with Gasteiger partial charge in [0.1, 0.15) is 6.10 Å². The van der Waals surface area contributed by atoms with Crippen LogP contribution in [0, 0.1) is 5.92 Å². The molecule has 0 aromatic rings. The Morgan fingerprint density at radius 2 is 1.90 bits per heavy atom. The number of epoxide rings is 2. The summed E-state index contributed by atoms with van der Waals surface area (Å²) in [5.74, 6) is 0.994. The maximum atomic E-state index is 5.45. The monoisotopic (exact) mass is 286 g/mol. The van der Waals surface area contributed by atoms with E-state index < -0.39 is 0 Å². The zero-order valence-corrected chi connectivity index (χ0v) is 12.6.